The molecule has 0 unspecified atom stereocenters. The first-order valence-corrected chi connectivity index (χ1v) is 6.39. The molecule has 0 aliphatic carbocycles. The quantitative estimate of drug-likeness (QED) is 0.816. The molecule has 1 aromatic heterocycles. The van der Waals surface area contributed by atoms with Gasteiger partial charge in [-0.15, -0.1) is 5.10 Å². The van der Waals surface area contributed by atoms with E-state index in [4.69, 9.17) is 21.8 Å². The van der Waals surface area contributed by atoms with Crippen molar-refractivity contribution in [3.63, 3.8) is 0 Å². The van der Waals surface area contributed by atoms with Gasteiger partial charge in [-0.3, -0.25) is 0 Å². The molecule has 1 aromatic carbocycles. The smallest absolute Gasteiger partial charge is 0.320 e. The van der Waals surface area contributed by atoms with Crippen molar-refractivity contribution < 1.29 is 4.42 Å². The molecule has 0 aliphatic rings. The van der Waals surface area contributed by atoms with Crippen LogP contribution in [0.15, 0.2) is 22.6 Å². The van der Waals surface area contributed by atoms with Crippen molar-refractivity contribution in [2.24, 2.45) is 5.73 Å². The average molecular weight is 365 g/mol. The van der Waals surface area contributed by atoms with Crippen LogP contribution in [0.2, 0.25) is 5.02 Å². The Morgan fingerprint density at radius 1 is 1.41 bits per heavy atom. The third-order valence-electron chi connectivity index (χ3n) is 2.00. The number of nitrogens with two attached hydrogens (primary N) is 1. The zero-order chi connectivity index (χ0) is 12.3. The third-order valence-corrected chi connectivity index (χ3v) is 3.13. The molecule has 2 rings (SSSR count). The Bertz CT molecular complexity index is 517. The molecule has 0 bridgehead atoms. The molecular weight excluding hydrogens is 354 g/mol. The molecule has 7 heteroatoms. The molecule has 3 N–H and O–H groups in total. The van der Waals surface area contributed by atoms with Gasteiger partial charge in [0.05, 0.1) is 5.69 Å². The summed E-state index contributed by atoms with van der Waals surface area (Å²) in [4.78, 5) is 0. The molecule has 5 nitrogen and oxygen atoms in total. The largest absolute Gasteiger partial charge is 0.408 e. The highest BCUT2D eigenvalue weighted by Crippen LogP contribution is 2.24. The number of rotatable bonds is 4. The van der Waals surface area contributed by atoms with Crippen molar-refractivity contribution in [2.45, 2.75) is 6.42 Å². The van der Waals surface area contributed by atoms with E-state index in [1.165, 1.54) is 0 Å². The summed E-state index contributed by atoms with van der Waals surface area (Å²) in [6.07, 6.45) is 0.576. The van der Waals surface area contributed by atoms with Gasteiger partial charge in [-0.05, 0) is 40.8 Å². The summed E-state index contributed by atoms with van der Waals surface area (Å²) in [5, 5.41) is 11.5. The molecule has 0 atom stereocenters. The van der Waals surface area contributed by atoms with Crippen molar-refractivity contribution in [3.05, 3.63) is 32.7 Å². The van der Waals surface area contributed by atoms with Crippen molar-refractivity contribution in [3.8, 4) is 0 Å². The van der Waals surface area contributed by atoms with E-state index in [9.17, 15) is 0 Å². The van der Waals surface area contributed by atoms with Gasteiger partial charge in [0.25, 0.3) is 0 Å². The Morgan fingerprint density at radius 2 is 2.24 bits per heavy atom. The normalized spacial score (nSPS) is 10.5. The first kappa shape index (κ1) is 12.6. The first-order chi connectivity index (χ1) is 8.19. The highest BCUT2D eigenvalue weighted by atomic mass is 127. The number of hydrogen-bond donors (Lipinski definition) is 2. The monoisotopic (exact) mass is 364 g/mol. The lowest BCUT2D eigenvalue weighted by atomic mass is 10.3. The lowest BCUT2D eigenvalue weighted by Crippen LogP contribution is -2.02. The molecule has 0 aliphatic heterocycles. The van der Waals surface area contributed by atoms with E-state index in [-0.39, 0.29) is 0 Å². The van der Waals surface area contributed by atoms with Gasteiger partial charge in [0.15, 0.2) is 0 Å². The molecule has 90 valence electrons. The van der Waals surface area contributed by atoms with Crippen molar-refractivity contribution in [2.75, 3.05) is 11.9 Å². The number of halogens is 2. The van der Waals surface area contributed by atoms with Gasteiger partial charge < -0.3 is 15.5 Å². The molecule has 2 aromatic rings. The van der Waals surface area contributed by atoms with Crippen LogP contribution in [0.25, 0.3) is 0 Å². The molecule has 0 radical (unpaired) electrons. The molecule has 0 spiro atoms. The lowest BCUT2D eigenvalue weighted by Gasteiger charge is -2.04. The number of nitrogens with one attached hydrogen (secondary N) is 1. The second kappa shape index (κ2) is 5.65. The molecule has 0 saturated carbocycles. The second-order valence-electron chi connectivity index (χ2n) is 3.29. The summed E-state index contributed by atoms with van der Waals surface area (Å²) in [6.45, 7) is 0.486. The van der Waals surface area contributed by atoms with E-state index in [0.717, 1.165) is 9.26 Å². The molecule has 0 fully saturated rings. The first-order valence-electron chi connectivity index (χ1n) is 4.93. The fourth-order valence-electron chi connectivity index (χ4n) is 1.23. The summed E-state index contributed by atoms with van der Waals surface area (Å²) in [7, 11) is 0. The zero-order valence-electron chi connectivity index (χ0n) is 8.78. The summed E-state index contributed by atoms with van der Waals surface area (Å²) in [6, 6.07) is 5.86. The Hall–Kier alpha value is -0.860. The van der Waals surface area contributed by atoms with Gasteiger partial charge in [-0.25, -0.2) is 0 Å². The maximum absolute atomic E-state index is 5.87. The fourth-order valence-corrected chi connectivity index (χ4v) is 2.24. The Balaban J connectivity index is 2.13. The maximum Gasteiger partial charge on any atom is 0.320 e. The molecule has 0 saturated heterocycles. The second-order valence-corrected chi connectivity index (χ2v) is 4.89. The number of nitrogens with zero attached hydrogens (tertiary/aromatic N) is 2. The predicted molar refractivity (Wildman–Crippen MR) is 74.5 cm³/mol. The minimum atomic E-state index is 0.355. The third kappa shape index (κ3) is 3.30. The SMILES string of the molecule is NCCc1nnc(Nc2ccc(Cl)cc2I)o1. The van der Waals surface area contributed by atoms with Crippen LogP contribution in [0.3, 0.4) is 0 Å². The number of aromatic nitrogens is 2. The van der Waals surface area contributed by atoms with Gasteiger partial charge in [-0.2, -0.15) is 0 Å². The van der Waals surface area contributed by atoms with Crippen LogP contribution in [-0.2, 0) is 6.42 Å². The van der Waals surface area contributed by atoms with Crippen LogP contribution in [0.5, 0.6) is 0 Å². The van der Waals surface area contributed by atoms with Crippen LogP contribution in [0.4, 0.5) is 11.7 Å². The van der Waals surface area contributed by atoms with Crippen LogP contribution < -0.4 is 11.1 Å². The topological polar surface area (TPSA) is 77.0 Å². The van der Waals surface area contributed by atoms with E-state index in [1.54, 1.807) is 6.07 Å². The standard InChI is InChI=1S/C10H10ClIN4O/c11-6-1-2-8(7(12)5-6)14-10-16-15-9(17-10)3-4-13/h1-2,5H,3-4,13H2,(H,14,16). The number of anilines is 2. The van der Waals surface area contributed by atoms with E-state index in [2.05, 4.69) is 38.1 Å². The Kier molecular flexibility index (Phi) is 4.19. The minimum Gasteiger partial charge on any atom is -0.408 e. The van der Waals surface area contributed by atoms with Crippen LogP contribution in [-0.4, -0.2) is 16.7 Å². The van der Waals surface area contributed by atoms with E-state index < -0.39 is 0 Å². The van der Waals surface area contributed by atoms with Gasteiger partial charge in [0.2, 0.25) is 5.89 Å². The number of hydrogen-bond acceptors (Lipinski definition) is 5. The highest BCUT2D eigenvalue weighted by molar-refractivity contribution is 14.1. The van der Waals surface area contributed by atoms with Crippen molar-refractivity contribution in [1.82, 2.24) is 10.2 Å². The van der Waals surface area contributed by atoms with Crippen molar-refractivity contribution >= 4 is 45.9 Å². The van der Waals surface area contributed by atoms with Gasteiger partial charge in [0, 0.05) is 21.6 Å². The van der Waals surface area contributed by atoms with Gasteiger partial charge in [0.1, 0.15) is 0 Å². The van der Waals surface area contributed by atoms with Crippen LogP contribution in [0.1, 0.15) is 5.89 Å². The Labute approximate surface area is 117 Å². The summed E-state index contributed by atoms with van der Waals surface area (Å²) in [5.74, 6) is 0.527. The van der Waals surface area contributed by atoms with E-state index >= 15 is 0 Å². The summed E-state index contributed by atoms with van der Waals surface area (Å²) >= 11 is 8.05. The maximum atomic E-state index is 5.87. The fraction of sp³-hybridized carbons (Fsp3) is 0.200. The molecule has 1 heterocycles. The van der Waals surface area contributed by atoms with Gasteiger partial charge in [-0.1, -0.05) is 16.7 Å². The van der Waals surface area contributed by atoms with Crippen LogP contribution >= 0.6 is 34.2 Å². The van der Waals surface area contributed by atoms with E-state index in [1.807, 2.05) is 12.1 Å². The molecule has 17 heavy (non-hydrogen) atoms. The molecular formula is C10H10ClIN4O. The lowest BCUT2D eigenvalue weighted by molar-refractivity contribution is 0.510. The zero-order valence-corrected chi connectivity index (χ0v) is 11.7. The summed E-state index contributed by atoms with van der Waals surface area (Å²) in [5.41, 5.74) is 6.27. The van der Waals surface area contributed by atoms with E-state index in [0.29, 0.717) is 29.9 Å². The average Bonchev–Trinajstić information content (AvgIpc) is 2.71. The summed E-state index contributed by atoms with van der Waals surface area (Å²) < 4.78 is 6.34. The predicted octanol–water partition coefficient (Wildman–Crippen LogP) is 2.57. The highest BCUT2D eigenvalue weighted by Gasteiger charge is 2.07. The van der Waals surface area contributed by atoms with Crippen LogP contribution in [0, 0.1) is 3.57 Å². The minimum absolute atomic E-state index is 0.355. The number of benzene rings is 1. The Morgan fingerprint density at radius 3 is 2.94 bits per heavy atom. The van der Waals surface area contributed by atoms with Crippen molar-refractivity contribution in [1.29, 1.82) is 0 Å². The van der Waals surface area contributed by atoms with Gasteiger partial charge >= 0.3 is 6.01 Å². The molecule has 0 amide bonds.